The lowest BCUT2D eigenvalue weighted by Gasteiger charge is -2.28. The van der Waals surface area contributed by atoms with Crippen LogP contribution in [0.1, 0.15) is 149 Å². The van der Waals surface area contributed by atoms with Crippen LogP contribution in [0.15, 0.2) is 36.5 Å². The zero-order valence-electron chi connectivity index (χ0n) is 32.8. The second-order valence-electron chi connectivity index (χ2n) is 14.3. The van der Waals surface area contributed by atoms with E-state index in [9.17, 15) is 23.8 Å². The van der Waals surface area contributed by atoms with Crippen molar-refractivity contribution in [2.24, 2.45) is 0 Å². The molecule has 0 aromatic rings. The van der Waals surface area contributed by atoms with Crippen LogP contribution in [0.5, 0.6) is 0 Å². The lowest BCUT2D eigenvalue weighted by Crippen LogP contribution is -2.37. The minimum Gasteiger partial charge on any atom is -0.756 e. The van der Waals surface area contributed by atoms with Crippen LogP contribution in [0.3, 0.4) is 0 Å². The number of hydrogen-bond donors (Lipinski definition) is 0. The molecule has 0 rings (SSSR count). The van der Waals surface area contributed by atoms with Gasteiger partial charge in [0.2, 0.25) is 0 Å². The van der Waals surface area contributed by atoms with Crippen molar-refractivity contribution in [2.75, 3.05) is 47.5 Å². The molecule has 11 heteroatoms. The van der Waals surface area contributed by atoms with Crippen molar-refractivity contribution in [3.63, 3.8) is 0 Å². The minimum atomic E-state index is -4.65. The average molecular weight is 742 g/mol. The van der Waals surface area contributed by atoms with E-state index < -0.39 is 32.5 Å². The molecular weight excluding hydrogens is 669 g/mol. The quantitative estimate of drug-likeness (QED) is 0.0119. The number of esters is 2. The average Bonchev–Trinajstić information content (AvgIpc) is 3.06. The Kier molecular flexibility index (Phi) is 31.2. The lowest BCUT2D eigenvalue weighted by molar-refractivity contribution is -0.870. The van der Waals surface area contributed by atoms with Gasteiger partial charge in [-0.05, 0) is 57.4 Å². The van der Waals surface area contributed by atoms with Crippen molar-refractivity contribution in [1.82, 2.24) is 0 Å². The smallest absolute Gasteiger partial charge is 0.306 e. The van der Waals surface area contributed by atoms with Gasteiger partial charge in [0, 0.05) is 19.3 Å². The molecule has 0 spiro atoms. The van der Waals surface area contributed by atoms with Gasteiger partial charge in [0.25, 0.3) is 7.82 Å². The third-order valence-electron chi connectivity index (χ3n) is 8.11. The maximum Gasteiger partial charge on any atom is 0.306 e. The van der Waals surface area contributed by atoms with Gasteiger partial charge in [0.05, 0.1) is 27.7 Å². The molecule has 51 heavy (non-hydrogen) atoms. The SMILES string of the molecule is CCCC/C=C\CCCCCCCC(=O)O[C@H](COC(=O)CCCCCCCC(=O)/C=C/C=C\CCCCC)COP(=O)([O-])OCC[N+](C)(C)C. The van der Waals surface area contributed by atoms with Gasteiger partial charge in [-0.15, -0.1) is 0 Å². The summed E-state index contributed by atoms with van der Waals surface area (Å²) in [6, 6.07) is 0. The molecule has 0 radical (unpaired) electrons. The number of phosphoric ester groups is 1. The summed E-state index contributed by atoms with van der Waals surface area (Å²) in [5.74, 6) is -0.821. The summed E-state index contributed by atoms with van der Waals surface area (Å²) in [4.78, 5) is 49.3. The molecule has 0 aliphatic rings. The van der Waals surface area contributed by atoms with Crippen LogP contribution in [-0.2, 0) is 37.5 Å². The second kappa shape index (κ2) is 32.5. The van der Waals surface area contributed by atoms with Crippen LogP contribution in [0.25, 0.3) is 0 Å². The molecule has 296 valence electrons. The van der Waals surface area contributed by atoms with Crippen molar-refractivity contribution in [3.8, 4) is 0 Å². The number of phosphoric acid groups is 1. The number of quaternary nitrogens is 1. The highest BCUT2D eigenvalue weighted by molar-refractivity contribution is 7.45. The summed E-state index contributed by atoms with van der Waals surface area (Å²) in [5.41, 5.74) is 0. The predicted molar refractivity (Wildman–Crippen MR) is 204 cm³/mol. The first-order valence-electron chi connectivity index (χ1n) is 19.6. The molecule has 0 amide bonds. The summed E-state index contributed by atoms with van der Waals surface area (Å²) in [7, 11) is 1.09. The van der Waals surface area contributed by atoms with Gasteiger partial charge in [-0.25, -0.2) is 0 Å². The number of allylic oxidation sites excluding steroid dienone is 6. The van der Waals surface area contributed by atoms with Crippen molar-refractivity contribution < 1.29 is 46.8 Å². The molecular formula is C40H72NO9P. The molecule has 0 saturated carbocycles. The van der Waals surface area contributed by atoms with Crippen LogP contribution in [0, 0.1) is 0 Å². The van der Waals surface area contributed by atoms with E-state index >= 15 is 0 Å². The summed E-state index contributed by atoms with van der Waals surface area (Å²) >= 11 is 0. The van der Waals surface area contributed by atoms with E-state index in [0.29, 0.717) is 30.3 Å². The molecule has 0 saturated heterocycles. The fraction of sp³-hybridized carbons (Fsp3) is 0.775. The van der Waals surface area contributed by atoms with Crippen LogP contribution in [-0.4, -0.2) is 75.8 Å². The Bertz CT molecular complexity index is 1040. The van der Waals surface area contributed by atoms with Crippen LogP contribution >= 0.6 is 7.82 Å². The fourth-order valence-corrected chi connectivity index (χ4v) is 5.64. The number of rotatable bonds is 35. The normalized spacial score (nSPS) is 14.0. The largest absolute Gasteiger partial charge is 0.756 e. The number of ether oxygens (including phenoxy) is 2. The maximum absolute atomic E-state index is 12.6. The van der Waals surface area contributed by atoms with E-state index in [1.165, 1.54) is 32.1 Å². The number of unbranched alkanes of at least 4 members (excludes halogenated alkanes) is 14. The minimum absolute atomic E-state index is 0.0525. The first-order valence-corrected chi connectivity index (χ1v) is 21.1. The molecule has 0 bridgehead atoms. The highest BCUT2D eigenvalue weighted by Gasteiger charge is 2.21. The van der Waals surface area contributed by atoms with Gasteiger partial charge in [-0.2, -0.15) is 0 Å². The third kappa shape index (κ3) is 36.1. The van der Waals surface area contributed by atoms with Gasteiger partial charge < -0.3 is 27.9 Å². The molecule has 0 fully saturated rings. The summed E-state index contributed by atoms with van der Waals surface area (Å²) in [6.07, 6.45) is 30.0. The Morgan fingerprint density at radius 2 is 1.20 bits per heavy atom. The molecule has 10 nitrogen and oxygen atoms in total. The summed E-state index contributed by atoms with van der Waals surface area (Å²) < 4.78 is 33.6. The van der Waals surface area contributed by atoms with E-state index in [1.54, 1.807) is 6.08 Å². The monoisotopic (exact) mass is 741 g/mol. The summed E-state index contributed by atoms with van der Waals surface area (Å²) in [6.45, 7) is 3.96. The Morgan fingerprint density at radius 3 is 1.84 bits per heavy atom. The van der Waals surface area contributed by atoms with E-state index in [-0.39, 0.29) is 31.8 Å². The molecule has 0 aliphatic carbocycles. The molecule has 0 aliphatic heterocycles. The maximum atomic E-state index is 12.6. The summed E-state index contributed by atoms with van der Waals surface area (Å²) in [5, 5.41) is 0. The Morgan fingerprint density at radius 1 is 0.647 bits per heavy atom. The van der Waals surface area contributed by atoms with Crippen molar-refractivity contribution in [3.05, 3.63) is 36.5 Å². The standard InChI is InChI=1S/C40H72NO9P/c1-6-8-10-12-14-15-16-17-19-23-28-32-40(44)50-38(36-49-51(45,46)48-34-33-41(3,4)5)35-47-39(43)31-27-24-20-22-26-30-37(42)29-25-21-18-13-11-9-7-2/h12,14,18,21,25,29,38H,6-11,13,15-17,19-20,22-24,26-28,30-36H2,1-5H3/b14-12-,21-18-,29-25+/t38-/m1/s1. The molecule has 0 aromatic carbocycles. The highest BCUT2D eigenvalue weighted by atomic mass is 31.2. The molecule has 0 heterocycles. The predicted octanol–water partition coefficient (Wildman–Crippen LogP) is 9.12. The Labute approximate surface area is 310 Å². The lowest BCUT2D eigenvalue weighted by atomic mass is 10.1. The van der Waals surface area contributed by atoms with Gasteiger partial charge in [-0.3, -0.25) is 18.9 Å². The van der Waals surface area contributed by atoms with Crippen molar-refractivity contribution in [2.45, 2.75) is 155 Å². The Balaban J connectivity index is 4.51. The highest BCUT2D eigenvalue weighted by Crippen LogP contribution is 2.38. The molecule has 0 aromatic heterocycles. The van der Waals surface area contributed by atoms with E-state index in [2.05, 4.69) is 32.1 Å². The molecule has 1 unspecified atom stereocenters. The number of ketones is 1. The fourth-order valence-electron chi connectivity index (χ4n) is 4.91. The zero-order valence-corrected chi connectivity index (χ0v) is 33.7. The first kappa shape index (κ1) is 48.9. The second-order valence-corrected chi connectivity index (χ2v) is 15.7. The number of carbonyl (C=O) groups is 3. The van der Waals surface area contributed by atoms with E-state index in [1.807, 2.05) is 33.3 Å². The molecule has 2 atom stereocenters. The number of likely N-dealkylation sites (N-methyl/N-ethyl adjacent to an activating group) is 1. The van der Waals surface area contributed by atoms with Crippen LogP contribution < -0.4 is 4.89 Å². The molecule has 0 N–H and O–H groups in total. The first-order chi connectivity index (χ1) is 24.4. The van der Waals surface area contributed by atoms with Crippen molar-refractivity contribution >= 4 is 25.5 Å². The number of carbonyl (C=O) groups excluding carboxylic acids is 3. The van der Waals surface area contributed by atoms with Crippen LogP contribution in [0.2, 0.25) is 0 Å². The number of nitrogens with zero attached hydrogens (tertiary/aromatic N) is 1. The third-order valence-corrected chi connectivity index (χ3v) is 9.07. The van der Waals surface area contributed by atoms with E-state index in [0.717, 1.165) is 70.6 Å². The van der Waals surface area contributed by atoms with Crippen LogP contribution in [0.4, 0.5) is 0 Å². The van der Waals surface area contributed by atoms with Gasteiger partial charge in [0.1, 0.15) is 19.8 Å². The van der Waals surface area contributed by atoms with Gasteiger partial charge >= 0.3 is 11.9 Å². The zero-order chi connectivity index (χ0) is 38.1. The Hall–Kier alpha value is -2.10. The van der Waals surface area contributed by atoms with Gasteiger partial charge in [0.15, 0.2) is 11.9 Å². The van der Waals surface area contributed by atoms with E-state index in [4.69, 9.17) is 18.5 Å². The van der Waals surface area contributed by atoms with Crippen molar-refractivity contribution in [1.29, 1.82) is 0 Å². The van der Waals surface area contributed by atoms with Gasteiger partial charge in [-0.1, -0.05) is 108 Å². The topological polar surface area (TPSA) is 128 Å². The number of hydrogen-bond acceptors (Lipinski definition) is 9.